The van der Waals surface area contributed by atoms with E-state index >= 15 is 0 Å². The molecule has 4 heteroatoms. The maximum Gasteiger partial charge on any atom is 0.0195 e. The molecule has 0 spiro atoms. The number of halogens is 2. The van der Waals surface area contributed by atoms with Gasteiger partial charge in [-0.15, -0.1) is 24.8 Å². The van der Waals surface area contributed by atoms with Gasteiger partial charge in [-0.25, -0.2) is 0 Å². The van der Waals surface area contributed by atoms with Crippen LogP contribution in [0.4, 0.5) is 0 Å². The first-order chi connectivity index (χ1) is 7.36. The third kappa shape index (κ3) is 5.78. The number of nitrogens with zero attached hydrogens (tertiary/aromatic N) is 1. The summed E-state index contributed by atoms with van der Waals surface area (Å²) in [7, 11) is 2.33. The molecular weight excluding hydrogens is 255 g/mol. The number of piperidine rings is 1. The van der Waals surface area contributed by atoms with Crippen molar-refractivity contribution < 1.29 is 0 Å². The Balaban J connectivity index is 0.00000128. The van der Waals surface area contributed by atoms with Gasteiger partial charge in [-0.3, -0.25) is 0 Å². The highest BCUT2D eigenvalue weighted by Gasteiger charge is 2.21. The van der Waals surface area contributed by atoms with Crippen molar-refractivity contribution in [2.24, 2.45) is 0 Å². The highest BCUT2D eigenvalue weighted by atomic mass is 35.5. The van der Waals surface area contributed by atoms with Crippen LogP contribution in [-0.2, 0) is 0 Å². The van der Waals surface area contributed by atoms with E-state index in [1.807, 2.05) is 0 Å². The molecule has 104 valence electrons. The van der Waals surface area contributed by atoms with Gasteiger partial charge in [0.05, 0.1) is 0 Å². The fraction of sp³-hybridized carbons (Fsp3) is 1.00. The summed E-state index contributed by atoms with van der Waals surface area (Å²) >= 11 is 0. The van der Waals surface area contributed by atoms with E-state index in [4.69, 9.17) is 0 Å². The highest BCUT2D eigenvalue weighted by molar-refractivity contribution is 5.85. The zero-order chi connectivity index (χ0) is 10.5. The Kier molecular flexibility index (Phi) is 9.71. The van der Waals surface area contributed by atoms with Crippen LogP contribution in [0.25, 0.3) is 0 Å². The molecule has 17 heavy (non-hydrogen) atoms. The van der Waals surface area contributed by atoms with Gasteiger partial charge in [0.15, 0.2) is 0 Å². The average Bonchev–Trinajstić information content (AvgIpc) is 2.31. The second-order valence-corrected chi connectivity index (χ2v) is 5.38. The van der Waals surface area contributed by atoms with Crippen LogP contribution in [0.5, 0.6) is 0 Å². The van der Waals surface area contributed by atoms with E-state index in [2.05, 4.69) is 17.3 Å². The molecule has 1 aliphatic carbocycles. The monoisotopic (exact) mass is 282 g/mol. The molecule has 0 aromatic carbocycles. The predicted molar refractivity (Wildman–Crippen MR) is 79.6 cm³/mol. The van der Waals surface area contributed by atoms with Crippen molar-refractivity contribution in [3.05, 3.63) is 0 Å². The fourth-order valence-electron chi connectivity index (χ4n) is 3.10. The molecule has 2 rings (SSSR count). The lowest BCUT2D eigenvalue weighted by Crippen LogP contribution is -2.46. The molecule has 1 saturated heterocycles. The summed E-state index contributed by atoms with van der Waals surface area (Å²) in [5.74, 6) is 0. The molecule has 2 aliphatic rings. The molecule has 0 radical (unpaired) electrons. The molecule has 1 heterocycles. The molecule has 0 amide bonds. The minimum atomic E-state index is 0. The Morgan fingerprint density at radius 1 is 0.941 bits per heavy atom. The number of likely N-dealkylation sites (N-methyl/N-ethyl adjacent to an activating group) is 1. The third-order valence-electron chi connectivity index (χ3n) is 4.12. The van der Waals surface area contributed by atoms with Crippen LogP contribution in [0.3, 0.4) is 0 Å². The largest absolute Gasteiger partial charge is 0.313 e. The van der Waals surface area contributed by atoms with E-state index in [9.17, 15) is 0 Å². The second-order valence-electron chi connectivity index (χ2n) is 5.38. The van der Waals surface area contributed by atoms with E-state index < -0.39 is 0 Å². The summed E-state index contributed by atoms with van der Waals surface area (Å²) in [5.41, 5.74) is 0. The maximum atomic E-state index is 3.65. The zero-order valence-electron chi connectivity index (χ0n) is 11.0. The molecule has 0 bridgehead atoms. The van der Waals surface area contributed by atoms with Gasteiger partial charge in [0.25, 0.3) is 0 Å². The summed E-state index contributed by atoms with van der Waals surface area (Å²) in [6.07, 6.45) is 11.4. The van der Waals surface area contributed by atoms with E-state index in [1.54, 1.807) is 0 Å². The van der Waals surface area contributed by atoms with Gasteiger partial charge >= 0.3 is 0 Å². The van der Waals surface area contributed by atoms with Crippen molar-refractivity contribution in [1.82, 2.24) is 10.2 Å². The van der Waals surface area contributed by atoms with E-state index in [0.717, 1.165) is 12.1 Å². The third-order valence-corrected chi connectivity index (χ3v) is 4.12. The van der Waals surface area contributed by atoms with Gasteiger partial charge in [0, 0.05) is 18.6 Å². The van der Waals surface area contributed by atoms with Crippen LogP contribution in [0.15, 0.2) is 0 Å². The van der Waals surface area contributed by atoms with E-state index in [-0.39, 0.29) is 24.8 Å². The second kappa shape index (κ2) is 9.43. The van der Waals surface area contributed by atoms with Gasteiger partial charge < -0.3 is 10.2 Å². The smallest absolute Gasteiger partial charge is 0.0195 e. The average molecular weight is 283 g/mol. The van der Waals surface area contributed by atoms with Gasteiger partial charge in [0.1, 0.15) is 0 Å². The Bertz CT molecular complexity index is 178. The molecule has 0 aromatic rings. The van der Waals surface area contributed by atoms with Crippen molar-refractivity contribution in [1.29, 1.82) is 0 Å². The van der Waals surface area contributed by atoms with Crippen molar-refractivity contribution in [3.8, 4) is 0 Å². The van der Waals surface area contributed by atoms with E-state index in [1.165, 1.54) is 64.5 Å². The van der Waals surface area contributed by atoms with Crippen molar-refractivity contribution in [2.45, 2.75) is 63.5 Å². The molecule has 2 nitrogen and oxygen atoms in total. The molecular formula is C13H28Cl2N2. The molecule has 1 aliphatic heterocycles. The zero-order valence-corrected chi connectivity index (χ0v) is 12.6. The molecule has 0 aromatic heterocycles. The van der Waals surface area contributed by atoms with Gasteiger partial charge in [-0.1, -0.05) is 25.7 Å². The summed E-state index contributed by atoms with van der Waals surface area (Å²) in [5, 5.41) is 3.65. The van der Waals surface area contributed by atoms with Gasteiger partial charge in [0.2, 0.25) is 0 Å². The SMILES string of the molecule is CN(CC1CCCCN1)C1CCCCC1.Cl.Cl. The Morgan fingerprint density at radius 3 is 2.18 bits per heavy atom. The Morgan fingerprint density at radius 2 is 1.59 bits per heavy atom. The fourth-order valence-corrected chi connectivity index (χ4v) is 3.10. The van der Waals surface area contributed by atoms with Crippen LogP contribution in [-0.4, -0.2) is 37.1 Å². The lowest BCUT2D eigenvalue weighted by Gasteiger charge is -2.35. The predicted octanol–water partition coefficient (Wildman–Crippen LogP) is 3.24. The highest BCUT2D eigenvalue weighted by Crippen LogP contribution is 2.22. The standard InChI is InChI=1S/C13H26N2.2ClH/c1-15(13-8-3-2-4-9-13)11-12-7-5-6-10-14-12;;/h12-14H,2-11H2,1H3;2*1H. The molecule has 2 fully saturated rings. The lowest BCUT2D eigenvalue weighted by molar-refractivity contribution is 0.166. The number of rotatable bonds is 3. The van der Waals surface area contributed by atoms with Crippen molar-refractivity contribution in [2.75, 3.05) is 20.1 Å². The minimum absolute atomic E-state index is 0. The topological polar surface area (TPSA) is 15.3 Å². The normalized spacial score (nSPS) is 26.1. The quantitative estimate of drug-likeness (QED) is 0.855. The van der Waals surface area contributed by atoms with Gasteiger partial charge in [-0.2, -0.15) is 0 Å². The number of hydrogen-bond donors (Lipinski definition) is 1. The van der Waals surface area contributed by atoms with Crippen molar-refractivity contribution >= 4 is 24.8 Å². The maximum absolute atomic E-state index is 3.65. The van der Waals surface area contributed by atoms with E-state index in [0.29, 0.717) is 0 Å². The first-order valence-corrected chi connectivity index (χ1v) is 6.80. The van der Waals surface area contributed by atoms with Crippen molar-refractivity contribution in [3.63, 3.8) is 0 Å². The van der Waals surface area contributed by atoms with Crippen LogP contribution < -0.4 is 5.32 Å². The molecule has 1 atom stereocenters. The Labute approximate surface area is 119 Å². The summed E-state index contributed by atoms with van der Waals surface area (Å²) in [4.78, 5) is 2.61. The summed E-state index contributed by atoms with van der Waals surface area (Å²) in [6.45, 7) is 2.51. The molecule has 1 unspecified atom stereocenters. The number of hydrogen-bond acceptors (Lipinski definition) is 2. The summed E-state index contributed by atoms with van der Waals surface area (Å²) in [6, 6.07) is 1.65. The van der Waals surface area contributed by atoms with Crippen LogP contribution in [0.1, 0.15) is 51.4 Å². The molecule has 1 N–H and O–H groups in total. The lowest BCUT2D eigenvalue weighted by atomic mass is 9.94. The first kappa shape index (κ1) is 17.5. The van der Waals surface area contributed by atoms with Crippen LogP contribution >= 0.6 is 24.8 Å². The molecule has 1 saturated carbocycles. The minimum Gasteiger partial charge on any atom is -0.313 e. The summed E-state index contributed by atoms with van der Waals surface area (Å²) < 4.78 is 0. The van der Waals surface area contributed by atoms with Gasteiger partial charge in [-0.05, 0) is 39.3 Å². The Hall–Kier alpha value is 0.500. The first-order valence-electron chi connectivity index (χ1n) is 6.80. The van der Waals surface area contributed by atoms with Crippen LogP contribution in [0.2, 0.25) is 0 Å². The number of nitrogens with one attached hydrogen (secondary N) is 1. The van der Waals surface area contributed by atoms with Crippen LogP contribution in [0, 0.1) is 0 Å².